The topological polar surface area (TPSA) is 34.1 Å². The Labute approximate surface area is 445 Å². The molecule has 0 aliphatic heterocycles. The SMILES string of the molecule is O=C(C=Cc1ccccc1)C=Cc1ccccc1.O=C(C=Cc1ccccc1)C=Cc1ccccc1.[Fe+2].c1ccc(P(c2ccccc2)c2ccc[cH-]2)cc1.c1ccc(P(c2ccccc2)c2ccc[cH-]2)cc1. The number of carbonyl (C=O) groups is 2. The van der Waals surface area contributed by atoms with Crippen molar-refractivity contribution in [2.75, 3.05) is 0 Å². The van der Waals surface area contributed by atoms with Crippen molar-refractivity contribution in [1.82, 2.24) is 0 Å². The normalized spacial score (nSPS) is 10.8. The summed E-state index contributed by atoms with van der Waals surface area (Å²) in [5, 5.41) is 8.47. The van der Waals surface area contributed by atoms with Crippen LogP contribution in [0.4, 0.5) is 0 Å². The molecule has 5 heteroatoms. The number of rotatable bonds is 14. The Balaban J connectivity index is 0.000000158. The van der Waals surface area contributed by atoms with E-state index in [-0.39, 0.29) is 28.6 Å². The maximum atomic E-state index is 11.6. The zero-order valence-electron chi connectivity index (χ0n) is 40.4. The Bertz CT molecular complexity index is 2760. The number of benzene rings is 8. The first-order valence-electron chi connectivity index (χ1n) is 23.8. The predicted molar refractivity (Wildman–Crippen MR) is 313 cm³/mol. The Morgan fingerprint density at radius 3 is 0.671 bits per heavy atom. The molecule has 0 N–H and O–H groups in total. The molecule has 0 amide bonds. The van der Waals surface area contributed by atoms with E-state index in [1.54, 1.807) is 24.3 Å². The van der Waals surface area contributed by atoms with Crippen molar-refractivity contribution in [2.45, 2.75) is 0 Å². The average Bonchev–Trinajstić information content (AvgIpc) is 4.20. The second-order valence-corrected chi connectivity index (χ2v) is 20.5. The van der Waals surface area contributed by atoms with Gasteiger partial charge in [0.05, 0.1) is 0 Å². The maximum Gasteiger partial charge on any atom is 2.00 e. The van der Waals surface area contributed by atoms with Crippen LogP contribution in [-0.2, 0) is 26.7 Å². The summed E-state index contributed by atoms with van der Waals surface area (Å²) in [6.45, 7) is 0. The van der Waals surface area contributed by atoms with E-state index in [0.717, 1.165) is 22.3 Å². The Morgan fingerprint density at radius 1 is 0.274 bits per heavy atom. The van der Waals surface area contributed by atoms with Gasteiger partial charge in [-0.1, -0.05) is 267 Å². The van der Waals surface area contributed by atoms with E-state index in [2.05, 4.69) is 170 Å². The quantitative estimate of drug-likeness (QED) is 0.0471. The fraction of sp³-hybridized carbons (Fsp3) is 0. The fourth-order valence-electron chi connectivity index (χ4n) is 7.31. The van der Waals surface area contributed by atoms with E-state index >= 15 is 0 Å². The molecule has 0 saturated carbocycles. The molecule has 73 heavy (non-hydrogen) atoms. The first-order valence-corrected chi connectivity index (χ1v) is 26.5. The summed E-state index contributed by atoms with van der Waals surface area (Å²) >= 11 is 0. The molecule has 0 aliphatic carbocycles. The van der Waals surface area contributed by atoms with Crippen LogP contribution in [0.15, 0.2) is 315 Å². The molecule has 2 nitrogen and oxygen atoms in total. The molecule has 0 heterocycles. The smallest absolute Gasteiger partial charge is 0.290 e. The van der Waals surface area contributed by atoms with Crippen LogP contribution in [-0.4, -0.2) is 11.6 Å². The third kappa shape index (κ3) is 19.0. The van der Waals surface area contributed by atoms with Crippen molar-refractivity contribution >= 4 is 83.5 Å². The van der Waals surface area contributed by atoms with E-state index < -0.39 is 15.8 Å². The third-order valence-corrected chi connectivity index (χ3v) is 15.7. The van der Waals surface area contributed by atoms with Gasteiger partial charge in [-0.15, -0.1) is 10.6 Å². The molecule has 358 valence electrons. The summed E-state index contributed by atoms with van der Waals surface area (Å²) in [4.78, 5) is 23.2. The summed E-state index contributed by atoms with van der Waals surface area (Å²) in [5.74, 6) is -0.0228. The molecule has 10 rings (SSSR count). The zero-order chi connectivity index (χ0) is 49.7. The standard InChI is InChI=1S/2C17H14O.2C17H14P.Fe/c2*18-17(13-11-15-7-3-1-4-8-15)14-12-16-9-5-2-6-10-16;2*1-3-9-15(10-4-1)18(17-13-7-8-14-17)16-11-5-2-6-12-16;/h4*1-14H;/q;;2*-1;+2. The number of allylic oxidation sites excluding steroid dienone is 4. The van der Waals surface area contributed by atoms with Gasteiger partial charge in [-0.05, 0) is 83.6 Å². The minimum Gasteiger partial charge on any atom is -0.290 e. The van der Waals surface area contributed by atoms with Gasteiger partial charge in [0.1, 0.15) is 0 Å². The number of hydrogen-bond donors (Lipinski definition) is 0. The maximum absolute atomic E-state index is 11.6. The molecule has 0 aliphatic rings. The van der Waals surface area contributed by atoms with E-state index in [9.17, 15) is 9.59 Å². The van der Waals surface area contributed by atoms with Gasteiger partial charge in [0.2, 0.25) is 0 Å². The predicted octanol–water partition coefficient (Wildman–Crippen LogP) is 14.3. The van der Waals surface area contributed by atoms with Gasteiger partial charge in [-0.25, -0.2) is 24.3 Å². The van der Waals surface area contributed by atoms with E-state index in [0.29, 0.717) is 0 Å². The fourth-order valence-corrected chi connectivity index (χ4v) is 11.9. The van der Waals surface area contributed by atoms with Crippen LogP contribution in [0.2, 0.25) is 0 Å². The summed E-state index contributed by atoms with van der Waals surface area (Å²) < 4.78 is 0. The molecule has 0 spiro atoms. The molecule has 0 unspecified atom stereocenters. The molecule has 0 radical (unpaired) electrons. The molecule has 0 atom stereocenters. The van der Waals surface area contributed by atoms with E-state index in [1.165, 1.54) is 31.8 Å². The van der Waals surface area contributed by atoms with Crippen LogP contribution in [0, 0.1) is 0 Å². The first-order chi connectivity index (χ1) is 35.6. The van der Waals surface area contributed by atoms with Gasteiger partial charge in [-0.3, -0.25) is 9.59 Å². The van der Waals surface area contributed by atoms with Crippen LogP contribution in [0.25, 0.3) is 24.3 Å². The number of ketones is 2. The average molecular weight is 1020 g/mol. The minimum atomic E-state index is -0.409. The Kier molecular flexibility index (Phi) is 23.5. The minimum absolute atomic E-state index is 0. The van der Waals surface area contributed by atoms with Gasteiger partial charge in [0.15, 0.2) is 11.6 Å². The van der Waals surface area contributed by atoms with Crippen LogP contribution < -0.4 is 31.8 Å². The van der Waals surface area contributed by atoms with Crippen LogP contribution in [0.3, 0.4) is 0 Å². The summed E-state index contributed by atoms with van der Waals surface area (Å²) in [6.07, 6.45) is 13.6. The molecular formula is C68H56FeO2P2. The van der Waals surface area contributed by atoms with Crippen molar-refractivity contribution in [1.29, 1.82) is 0 Å². The van der Waals surface area contributed by atoms with Crippen molar-refractivity contribution in [3.05, 3.63) is 338 Å². The van der Waals surface area contributed by atoms with Gasteiger partial charge < -0.3 is 0 Å². The summed E-state index contributed by atoms with van der Waals surface area (Å²) in [5.41, 5.74) is 4.11. The molecule has 10 aromatic rings. The van der Waals surface area contributed by atoms with Crippen LogP contribution in [0.5, 0.6) is 0 Å². The molecule has 0 bridgehead atoms. The molecular weight excluding hydrogens is 967 g/mol. The van der Waals surface area contributed by atoms with Gasteiger partial charge in [0, 0.05) is 0 Å². The second-order valence-electron chi connectivity index (χ2n) is 16.1. The molecule has 10 aromatic carbocycles. The van der Waals surface area contributed by atoms with Crippen molar-refractivity contribution < 1.29 is 26.7 Å². The Morgan fingerprint density at radius 2 is 0.479 bits per heavy atom. The summed E-state index contributed by atoms with van der Waals surface area (Å²) in [7, 11) is -0.818. The third-order valence-electron chi connectivity index (χ3n) is 10.8. The molecule has 0 aromatic heterocycles. The van der Waals surface area contributed by atoms with Gasteiger partial charge >= 0.3 is 17.1 Å². The molecule has 0 fully saturated rings. The number of hydrogen-bond acceptors (Lipinski definition) is 2. The van der Waals surface area contributed by atoms with Crippen LogP contribution >= 0.6 is 15.8 Å². The largest absolute Gasteiger partial charge is 2.00 e. The van der Waals surface area contributed by atoms with Crippen LogP contribution in [0.1, 0.15) is 22.3 Å². The van der Waals surface area contributed by atoms with Crippen molar-refractivity contribution in [3.63, 3.8) is 0 Å². The zero-order valence-corrected chi connectivity index (χ0v) is 43.3. The van der Waals surface area contributed by atoms with Gasteiger partial charge in [0.25, 0.3) is 0 Å². The van der Waals surface area contributed by atoms with Crippen molar-refractivity contribution in [2.24, 2.45) is 0 Å². The van der Waals surface area contributed by atoms with Crippen molar-refractivity contribution in [3.8, 4) is 0 Å². The Hall–Kier alpha value is -7.86. The number of carbonyl (C=O) groups excluding carboxylic acids is 2. The monoisotopic (exact) mass is 1020 g/mol. The van der Waals surface area contributed by atoms with E-state index in [1.807, 2.05) is 146 Å². The second kappa shape index (κ2) is 31.5. The molecule has 0 saturated heterocycles. The van der Waals surface area contributed by atoms with Gasteiger partial charge in [-0.2, -0.15) is 24.3 Å². The summed E-state index contributed by atoms with van der Waals surface area (Å²) in [6, 6.07) is 99.6. The van der Waals surface area contributed by atoms with E-state index in [4.69, 9.17) is 0 Å². The first kappa shape index (κ1) is 54.5.